The average molecular weight is 243 g/mol. The summed E-state index contributed by atoms with van der Waals surface area (Å²) in [5, 5.41) is 3.47. The Balaban J connectivity index is 1.99. The molecule has 1 atom stereocenters. The van der Waals surface area contributed by atoms with Crippen LogP contribution in [-0.2, 0) is 6.42 Å². The lowest BCUT2D eigenvalue weighted by molar-refractivity contribution is 0.598. The van der Waals surface area contributed by atoms with Crippen molar-refractivity contribution in [1.29, 1.82) is 0 Å². The molecule has 1 aromatic carbocycles. The first-order chi connectivity index (χ1) is 8.66. The second-order valence-corrected chi connectivity index (χ2v) is 4.99. The number of nitrogens with zero attached hydrogens (tertiary/aromatic N) is 2. The highest BCUT2D eigenvalue weighted by molar-refractivity contribution is 5.29. The summed E-state index contributed by atoms with van der Waals surface area (Å²) in [7, 11) is 0. The van der Waals surface area contributed by atoms with Crippen molar-refractivity contribution in [2.24, 2.45) is 0 Å². The molecule has 2 rings (SSSR count). The van der Waals surface area contributed by atoms with Crippen LogP contribution < -0.4 is 5.32 Å². The molecule has 2 aromatic rings. The zero-order valence-corrected chi connectivity index (χ0v) is 11.3. The average Bonchev–Trinajstić information content (AvgIpc) is 2.78. The summed E-state index contributed by atoms with van der Waals surface area (Å²) in [6.45, 7) is 6.51. The van der Waals surface area contributed by atoms with Crippen molar-refractivity contribution < 1.29 is 0 Å². The van der Waals surface area contributed by atoms with Crippen LogP contribution in [0.5, 0.6) is 0 Å². The van der Waals surface area contributed by atoms with E-state index in [0.717, 1.165) is 12.4 Å². The molecule has 0 spiro atoms. The van der Waals surface area contributed by atoms with Gasteiger partial charge >= 0.3 is 0 Å². The molecular formula is C15H21N3. The Hall–Kier alpha value is -1.77. The van der Waals surface area contributed by atoms with Crippen molar-refractivity contribution in [2.45, 2.75) is 39.3 Å². The minimum atomic E-state index is 0.368. The Kier molecular flexibility index (Phi) is 4.03. The molecule has 0 bridgehead atoms. The van der Waals surface area contributed by atoms with Crippen molar-refractivity contribution in [2.75, 3.05) is 5.32 Å². The predicted octanol–water partition coefficient (Wildman–Crippen LogP) is 3.51. The lowest BCUT2D eigenvalue weighted by atomic mass is 10.1. The van der Waals surface area contributed by atoms with Crippen LogP contribution in [-0.4, -0.2) is 15.6 Å². The third-order valence-corrected chi connectivity index (χ3v) is 2.99. The number of hydrogen-bond acceptors (Lipinski definition) is 2. The van der Waals surface area contributed by atoms with Crippen LogP contribution in [0.3, 0.4) is 0 Å². The molecule has 3 heteroatoms. The smallest absolute Gasteiger partial charge is 0.203 e. The highest BCUT2D eigenvalue weighted by Crippen LogP contribution is 2.14. The third-order valence-electron chi connectivity index (χ3n) is 2.99. The molecule has 3 nitrogen and oxygen atoms in total. The fourth-order valence-corrected chi connectivity index (χ4v) is 2.08. The van der Waals surface area contributed by atoms with Crippen LogP contribution in [0, 0.1) is 0 Å². The standard InChI is InChI=1S/C15H21N3/c1-12(2)18-10-9-16-15(18)17-13(3)11-14-7-5-4-6-8-14/h4-10,12-13H,11H2,1-3H3,(H,16,17). The van der Waals surface area contributed by atoms with E-state index in [9.17, 15) is 0 Å². The lowest BCUT2D eigenvalue weighted by Crippen LogP contribution is -2.21. The Morgan fingerprint density at radius 3 is 2.56 bits per heavy atom. The number of hydrogen-bond donors (Lipinski definition) is 1. The van der Waals surface area contributed by atoms with Gasteiger partial charge < -0.3 is 9.88 Å². The summed E-state index contributed by atoms with van der Waals surface area (Å²) in [5.41, 5.74) is 1.35. The zero-order valence-electron chi connectivity index (χ0n) is 11.3. The van der Waals surface area contributed by atoms with E-state index in [0.29, 0.717) is 12.1 Å². The first-order valence-corrected chi connectivity index (χ1v) is 6.50. The van der Waals surface area contributed by atoms with Gasteiger partial charge in [-0.25, -0.2) is 4.98 Å². The van der Waals surface area contributed by atoms with E-state index in [2.05, 4.69) is 59.9 Å². The van der Waals surface area contributed by atoms with Crippen LogP contribution in [0.4, 0.5) is 5.95 Å². The minimum absolute atomic E-state index is 0.368. The predicted molar refractivity (Wildman–Crippen MR) is 75.8 cm³/mol. The molecule has 0 aliphatic rings. The highest BCUT2D eigenvalue weighted by Gasteiger charge is 2.09. The minimum Gasteiger partial charge on any atom is -0.353 e. The molecule has 0 radical (unpaired) electrons. The van der Waals surface area contributed by atoms with Crippen molar-refractivity contribution in [1.82, 2.24) is 9.55 Å². The fourth-order valence-electron chi connectivity index (χ4n) is 2.08. The molecule has 0 fully saturated rings. The molecule has 0 saturated heterocycles. The van der Waals surface area contributed by atoms with E-state index >= 15 is 0 Å². The van der Waals surface area contributed by atoms with Gasteiger partial charge in [0.1, 0.15) is 0 Å². The molecular weight excluding hydrogens is 222 g/mol. The molecule has 0 saturated carbocycles. The first-order valence-electron chi connectivity index (χ1n) is 6.50. The van der Waals surface area contributed by atoms with Crippen LogP contribution in [0.2, 0.25) is 0 Å². The van der Waals surface area contributed by atoms with Gasteiger partial charge in [0.05, 0.1) is 0 Å². The van der Waals surface area contributed by atoms with Crippen molar-refractivity contribution in [3.05, 3.63) is 48.3 Å². The van der Waals surface area contributed by atoms with E-state index in [1.165, 1.54) is 5.56 Å². The van der Waals surface area contributed by atoms with Gasteiger partial charge in [0.15, 0.2) is 0 Å². The Labute approximate surface area is 109 Å². The van der Waals surface area contributed by atoms with Gasteiger partial charge in [-0.3, -0.25) is 0 Å². The van der Waals surface area contributed by atoms with E-state index in [1.807, 2.05) is 18.5 Å². The molecule has 18 heavy (non-hydrogen) atoms. The second kappa shape index (κ2) is 5.71. The summed E-state index contributed by atoms with van der Waals surface area (Å²) in [4.78, 5) is 4.37. The molecule has 0 aliphatic carbocycles. The Morgan fingerprint density at radius 1 is 1.17 bits per heavy atom. The monoisotopic (exact) mass is 243 g/mol. The topological polar surface area (TPSA) is 29.9 Å². The molecule has 1 heterocycles. The highest BCUT2D eigenvalue weighted by atomic mass is 15.2. The van der Waals surface area contributed by atoms with E-state index < -0.39 is 0 Å². The normalized spacial score (nSPS) is 12.7. The molecule has 1 aromatic heterocycles. The van der Waals surface area contributed by atoms with E-state index in [1.54, 1.807) is 0 Å². The van der Waals surface area contributed by atoms with Gasteiger partial charge in [0.25, 0.3) is 0 Å². The molecule has 0 aliphatic heterocycles. The van der Waals surface area contributed by atoms with Crippen molar-refractivity contribution >= 4 is 5.95 Å². The number of anilines is 1. The van der Waals surface area contributed by atoms with Gasteiger partial charge in [0.2, 0.25) is 5.95 Å². The SMILES string of the molecule is CC(Cc1ccccc1)Nc1nccn1C(C)C. The number of nitrogens with one attached hydrogen (secondary N) is 1. The summed E-state index contributed by atoms with van der Waals surface area (Å²) >= 11 is 0. The van der Waals surface area contributed by atoms with Crippen molar-refractivity contribution in [3.8, 4) is 0 Å². The molecule has 1 N–H and O–H groups in total. The maximum atomic E-state index is 4.37. The Morgan fingerprint density at radius 2 is 1.89 bits per heavy atom. The van der Waals surface area contributed by atoms with Crippen LogP contribution in [0.25, 0.3) is 0 Å². The maximum Gasteiger partial charge on any atom is 0.203 e. The van der Waals surface area contributed by atoms with E-state index in [-0.39, 0.29) is 0 Å². The number of aromatic nitrogens is 2. The van der Waals surface area contributed by atoms with Crippen LogP contribution >= 0.6 is 0 Å². The molecule has 0 amide bonds. The maximum absolute atomic E-state index is 4.37. The number of imidazole rings is 1. The van der Waals surface area contributed by atoms with Crippen molar-refractivity contribution in [3.63, 3.8) is 0 Å². The number of benzene rings is 1. The summed E-state index contributed by atoms with van der Waals surface area (Å²) in [6.07, 6.45) is 4.87. The fraction of sp³-hybridized carbons (Fsp3) is 0.400. The number of rotatable bonds is 5. The van der Waals surface area contributed by atoms with Crippen LogP contribution in [0.15, 0.2) is 42.7 Å². The molecule has 1 unspecified atom stereocenters. The third kappa shape index (κ3) is 3.13. The quantitative estimate of drug-likeness (QED) is 0.871. The zero-order chi connectivity index (χ0) is 13.0. The van der Waals surface area contributed by atoms with Gasteiger partial charge in [-0.2, -0.15) is 0 Å². The molecule has 96 valence electrons. The van der Waals surface area contributed by atoms with Gasteiger partial charge in [-0.05, 0) is 32.8 Å². The largest absolute Gasteiger partial charge is 0.353 e. The van der Waals surface area contributed by atoms with Gasteiger partial charge in [-0.1, -0.05) is 30.3 Å². The van der Waals surface area contributed by atoms with Gasteiger partial charge in [-0.15, -0.1) is 0 Å². The van der Waals surface area contributed by atoms with Crippen LogP contribution in [0.1, 0.15) is 32.4 Å². The van der Waals surface area contributed by atoms with Gasteiger partial charge in [0, 0.05) is 24.5 Å². The first kappa shape index (κ1) is 12.7. The van der Waals surface area contributed by atoms with E-state index in [4.69, 9.17) is 0 Å². The summed E-state index contributed by atoms with van der Waals surface area (Å²) < 4.78 is 2.15. The summed E-state index contributed by atoms with van der Waals surface area (Å²) in [5.74, 6) is 0.952. The second-order valence-electron chi connectivity index (χ2n) is 4.99. The Bertz CT molecular complexity index is 473. The lowest BCUT2D eigenvalue weighted by Gasteiger charge is -2.17. The summed E-state index contributed by atoms with van der Waals surface area (Å²) in [6, 6.07) is 11.3.